The molecular formula is C21H21N3O. The summed E-state index contributed by atoms with van der Waals surface area (Å²) >= 11 is 0. The molecule has 0 bridgehead atoms. The Bertz CT molecular complexity index is 1020. The molecule has 0 N–H and O–H groups in total. The summed E-state index contributed by atoms with van der Waals surface area (Å²) in [5.74, 6) is 0.795. The van der Waals surface area contributed by atoms with E-state index in [2.05, 4.69) is 46.9 Å². The van der Waals surface area contributed by atoms with Crippen LogP contribution in [0.3, 0.4) is 0 Å². The number of para-hydroxylation sites is 1. The van der Waals surface area contributed by atoms with Crippen LogP contribution in [-0.4, -0.2) is 21.9 Å². The third-order valence-electron chi connectivity index (χ3n) is 4.52. The van der Waals surface area contributed by atoms with Gasteiger partial charge in [0, 0.05) is 17.0 Å². The van der Waals surface area contributed by atoms with E-state index in [0.717, 1.165) is 52.6 Å². The van der Waals surface area contributed by atoms with Crippen molar-refractivity contribution in [3.63, 3.8) is 0 Å². The second kappa shape index (κ2) is 6.55. The molecule has 0 aliphatic rings. The molecular weight excluding hydrogens is 310 g/mol. The van der Waals surface area contributed by atoms with Crippen LogP contribution < -0.4 is 4.74 Å². The Morgan fingerprint density at radius 3 is 2.60 bits per heavy atom. The van der Waals surface area contributed by atoms with Gasteiger partial charge in [-0.05, 0) is 18.1 Å². The van der Waals surface area contributed by atoms with Gasteiger partial charge in [-0.1, -0.05) is 55.8 Å². The monoisotopic (exact) mass is 331 g/mol. The maximum Gasteiger partial charge on any atom is 0.145 e. The summed E-state index contributed by atoms with van der Waals surface area (Å²) in [4.78, 5) is 4.67. The highest BCUT2D eigenvalue weighted by Gasteiger charge is 2.15. The number of aryl methyl sites for hydroxylation is 1. The molecule has 126 valence electrons. The Labute approximate surface area is 147 Å². The minimum Gasteiger partial charge on any atom is -0.494 e. The fourth-order valence-corrected chi connectivity index (χ4v) is 3.38. The predicted octanol–water partition coefficient (Wildman–Crippen LogP) is 4.59. The lowest BCUT2D eigenvalue weighted by Gasteiger charge is -2.08. The van der Waals surface area contributed by atoms with Gasteiger partial charge in [-0.25, -0.2) is 0 Å². The van der Waals surface area contributed by atoms with Gasteiger partial charge < -0.3 is 4.74 Å². The summed E-state index contributed by atoms with van der Waals surface area (Å²) in [6.07, 6.45) is 3.96. The maximum absolute atomic E-state index is 5.50. The summed E-state index contributed by atoms with van der Waals surface area (Å²) < 4.78 is 7.61. The number of nitrogens with zero attached hydrogens (tertiary/aromatic N) is 3. The smallest absolute Gasteiger partial charge is 0.145 e. The van der Waals surface area contributed by atoms with Crippen LogP contribution in [0.5, 0.6) is 5.75 Å². The Morgan fingerprint density at radius 2 is 1.84 bits per heavy atom. The van der Waals surface area contributed by atoms with Gasteiger partial charge in [0.15, 0.2) is 0 Å². The molecule has 4 nitrogen and oxygen atoms in total. The Balaban J connectivity index is 1.98. The van der Waals surface area contributed by atoms with Crippen molar-refractivity contribution in [1.29, 1.82) is 0 Å². The van der Waals surface area contributed by atoms with Crippen molar-refractivity contribution in [2.24, 2.45) is 0 Å². The van der Waals surface area contributed by atoms with Gasteiger partial charge in [-0.15, -0.1) is 0 Å². The molecule has 0 saturated carbocycles. The molecule has 4 rings (SSSR count). The van der Waals surface area contributed by atoms with E-state index in [1.54, 1.807) is 7.11 Å². The first-order valence-corrected chi connectivity index (χ1v) is 8.67. The van der Waals surface area contributed by atoms with Crippen LogP contribution in [-0.2, 0) is 13.0 Å². The standard InChI is InChI=1S/C21H21N3O/c1-3-8-18-17-13-22-20-16(11-7-12-19(20)25-2)21(17)24(23-18)14-15-9-5-4-6-10-15/h4-7,9-13H,3,8,14H2,1-2H3. The molecule has 25 heavy (non-hydrogen) atoms. The van der Waals surface area contributed by atoms with E-state index in [0.29, 0.717) is 0 Å². The summed E-state index contributed by atoms with van der Waals surface area (Å²) in [5.41, 5.74) is 4.37. The third kappa shape index (κ3) is 2.74. The summed E-state index contributed by atoms with van der Waals surface area (Å²) in [5, 5.41) is 7.14. The molecule has 0 radical (unpaired) electrons. The van der Waals surface area contributed by atoms with Crippen LogP contribution in [0, 0.1) is 0 Å². The molecule has 0 fully saturated rings. The predicted molar refractivity (Wildman–Crippen MR) is 101 cm³/mol. The van der Waals surface area contributed by atoms with Crippen molar-refractivity contribution >= 4 is 21.8 Å². The summed E-state index contributed by atoms with van der Waals surface area (Å²) in [6, 6.07) is 16.5. The number of hydrogen-bond donors (Lipinski definition) is 0. The molecule has 0 amide bonds. The highest BCUT2D eigenvalue weighted by Crippen LogP contribution is 2.31. The van der Waals surface area contributed by atoms with Gasteiger partial charge in [0.25, 0.3) is 0 Å². The molecule has 4 aromatic rings. The fourth-order valence-electron chi connectivity index (χ4n) is 3.38. The molecule has 0 aliphatic heterocycles. The molecule has 0 unspecified atom stereocenters. The fraction of sp³-hybridized carbons (Fsp3) is 0.238. The molecule has 0 aliphatic carbocycles. The van der Waals surface area contributed by atoms with Gasteiger partial charge in [-0.3, -0.25) is 9.67 Å². The van der Waals surface area contributed by atoms with Crippen LogP contribution in [0.2, 0.25) is 0 Å². The number of ether oxygens (including phenoxy) is 1. The summed E-state index contributed by atoms with van der Waals surface area (Å²) in [7, 11) is 1.68. The van der Waals surface area contributed by atoms with E-state index in [9.17, 15) is 0 Å². The van der Waals surface area contributed by atoms with Crippen molar-refractivity contribution in [2.45, 2.75) is 26.3 Å². The van der Waals surface area contributed by atoms with Gasteiger partial charge in [-0.2, -0.15) is 5.10 Å². The van der Waals surface area contributed by atoms with Gasteiger partial charge in [0.05, 0.1) is 24.9 Å². The zero-order valence-electron chi connectivity index (χ0n) is 14.6. The van der Waals surface area contributed by atoms with Gasteiger partial charge in [0.1, 0.15) is 11.3 Å². The number of rotatable bonds is 5. The normalized spacial score (nSPS) is 11.3. The molecule has 0 spiro atoms. The molecule has 2 heterocycles. The maximum atomic E-state index is 5.50. The van der Waals surface area contributed by atoms with Gasteiger partial charge >= 0.3 is 0 Å². The lowest BCUT2D eigenvalue weighted by molar-refractivity contribution is 0.419. The van der Waals surface area contributed by atoms with Crippen molar-refractivity contribution in [3.05, 3.63) is 66.0 Å². The van der Waals surface area contributed by atoms with Crippen molar-refractivity contribution < 1.29 is 4.74 Å². The number of methoxy groups -OCH3 is 1. The zero-order chi connectivity index (χ0) is 17.2. The zero-order valence-corrected chi connectivity index (χ0v) is 14.6. The van der Waals surface area contributed by atoms with Crippen molar-refractivity contribution in [1.82, 2.24) is 14.8 Å². The number of benzene rings is 2. The third-order valence-corrected chi connectivity index (χ3v) is 4.52. The first kappa shape index (κ1) is 15.6. The molecule has 0 atom stereocenters. The Kier molecular flexibility index (Phi) is 4.10. The SMILES string of the molecule is CCCc1nn(Cc2ccccc2)c2c1cnc1c(OC)cccc12. The van der Waals surface area contributed by atoms with Crippen molar-refractivity contribution in [3.8, 4) is 5.75 Å². The lowest BCUT2D eigenvalue weighted by Crippen LogP contribution is -2.02. The Hall–Kier alpha value is -2.88. The molecule has 2 aromatic carbocycles. The highest BCUT2D eigenvalue weighted by molar-refractivity contribution is 6.06. The first-order chi connectivity index (χ1) is 12.3. The lowest BCUT2D eigenvalue weighted by atomic mass is 10.1. The van der Waals surface area contributed by atoms with Gasteiger partial charge in [0.2, 0.25) is 0 Å². The molecule has 2 aromatic heterocycles. The minimum atomic E-state index is 0.747. The number of pyridine rings is 1. The van der Waals surface area contributed by atoms with E-state index in [4.69, 9.17) is 9.84 Å². The molecule has 0 saturated heterocycles. The van der Waals surface area contributed by atoms with E-state index >= 15 is 0 Å². The quantitative estimate of drug-likeness (QED) is 0.537. The van der Waals surface area contributed by atoms with Crippen molar-refractivity contribution in [2.75, 3.05) is 7.11 Å². The van der Waals surface area contributed by atoms with E-state index in [1.807, 2.05) is 24.4 Å². The minimum absolute atomic E-state index is 0.747. The van der Waals surface area contributed by atoms with E-state index in [1.165, 1.54) is 5.56 Å². The number of hydrogen-bond acceptors (Lipinski definition) is 3. The van der Waals surface area contributed by atoms with Crippen LogP contribution in [0.1, 0.15) is 24.6 Å². The topological polar surface area (TPSA) is 39.9 Å². The second-order valence-corrected chi connectivity index (χ2v) is 6.22. The highest BCUT2D eigenvalue weighted by atomic mass is 16.5. The average molecular weight is 331 g/mol. The Morgan fingerprint density at radius 1 is 1.00 bits per heavy atom. The average Bonchev–Trinajstić information content (AvgIpc) is 3.00. The van der Waals surface area contributed by atoms with Crippen LogP contribution in [0.4, 0.5) is 0 Å². The van der Waals surface area contributed by atoms with E-state index < -0.39 is 0 Å². The molecule has 4 heteroatoms. The first-order valence-electron chi connectivity index (χ1n) is 8.67. The second-order valence-electron chi connectivity index (χ2n) is 6.22. The van der Waals surface area contributed by atoms with Crippen LogP contribution >= 0.6 is 0 Å². The number of fused-ring (bicyclic) bond motifs is 3. The van der Waals surface area contributed by atoms with Crippen LogP contribution in [0.25, 0.3) is 21.8 Å². The largest absolute Gasteiger partial charge is 0.494 e. The van der Waals surface area contributed by atoms with Crippen LogP contribution in [0.15, 0.2) is 54.7 Å². The summed E-state index contributed by atoms with van der Waals surface area (Å²) in [6.45, 7) is 2.93. The number of aromatic nitrogens is 3. The van der Waals surface area contributed by atoms with E-state index in [-0.39, 0.29) is 0 Å².